The molecule has 0 aliphatic heterocycles. The first-order valence-corrected chi connectivity index (χ1v) is 7.02. The van der Waals surface area contributed by atoms with Crippen LogP contribution in [0, 0.1) is 6.92 Å². The summed E-state index contributed by atoms with van der Waals surface area (Å²) in [4.78, 5) is 23.2. The molecule has 2 aromatic rings. The number of nitrogens with zero attached hydrogens (tertiary/aromatic N) is 3. The summed E-state index contributed by atoms with van der Waals surface area (Å²) in [5.41, 5.74) is 3.20. The van der Waals surface area contributed by atoms with Crippen LogP contribution in [0.5, 0.6) is 0 Å². The lowest BCUT2D eigenvalue weighted by Gasteiger charge is -2.16. The molecule has 4 nitrogen and oxygen atoms in total. The summed E-state index contributed by atoms with van der Waals surface area (Å²) < 4.78 is 0.663. The van der Waals surface area contributed by atoms with Gasteiger partial charge in [0.15, 0.2) is 0 Å². The maximum absolute atomic E-state index is 12.2. The highest BCUT2D eigenvalue weighted by Crippen LogP contribution is 2.15. The van der Waals surface area contributed by atoms with Crippen LogP contribution in [0.4, 0.5) is 0 Å². The third-order valence-electron chi connectivity index (χ3n) is 2.51. The third kappa shape index (κ3) is 2.94. The van der Waals surface area contributed by atoms with Crippen molar-refractivity contribution in [1.29, 1.82) is 0 Å². The molecule has 94 valence electrons. The van der Waals surface area contributed by atoms with E-state index < -0.39 is 0 Å². The topological polar surface area (TPSA) is 46.1 Å². The van der Waals surface area contributed by atoms with E-state index in [1.165, 1.54) is 0 Å². The van der Waals surface area contributed by atoms with Crippen LogP contribution in [-0.2, 0) is 6.54 Å². The first kappa shape index (κ1) is 13.2. The number of aryl methyl sites for hydroxylation is 1. The van der Waals surface area contributed by atoms with E-state index >= 15 is 0 Å². The number of hydrogen-bond acceptors (Lipinski definition) is 4. The molecule has 0 saturated heterocycles. The molecule has 18 heavy (non-hydrogen) atoms. The lowest BCUT2D eigenvalue weighted by atomic mass is 10.3. The SMILES string of the molecule is Cc1ncsc1CN(C)C(=O)c1cccc(Br)n1. The first-order chi connectivity index (χ1) is 8.58. The number of halogens is 1. The van der Waals surface area contributed by atoms with Crippen LogP contribution < -0.4 is 0 Å². The molecule has 0 spiro atoms. The van der Waals surface area contributed by atoms with Crippen LogP contribution in [0.25, 0.3) is 0 Å². The Morgan fingerprint density at radius 1 is 1.50 bits per heavy atom. The molecule has 0 radical (unpaired) electrons. The average Bonchev–Trinajstić information content (AvgIpc) is 2.74. The summed E-state index contributed by atoms with van der Waals surface area (Å²) in [6.07, 6.45) is 0. The first-order valence-electron chi connectivity index (χ1n) is 5.35. The van der Waals surface area contributed by atoms with Gasteiger partial charge in [-0.1, -0.05) is 6.07 Å². The van der Waals surface area contributed by atoms with Gasteiger partial charge in [-0.15, -0.1) is 11.3 Å². The predicted octanol–water partition coefficient (Wildman–Crippen LogP) is 2.88. The molecule has 1 amide bonds. The minimum Gasteiger partial charge on any atom is -0.335 e. The maximum atomic E-state index is 12.2. The molecule has 2 aromatic heterocycles. The molecule has 0 saturated carbocycles. The van der Waals surface area contributed by atoms with Crippen LogP contribution in [0.3, 0.4) is 0 Å². The maximum Gasteiger partial charge on any atom is 0.272 e. The lowest BCUT2D eigenvalue weighted by Crippen LogP contribution is -2.26. The Bertz CT molecular complexity index is 570. The summed E-state index contributed by atoms with van der Waals surface area (Å²) in [6.45, 7) is 2.50. The van der Waals surface area contributed by atoms with E-state index in [4.69, 9.17) is 0 Å². The number of hydrogen-bond donors (Lipinski definition) is 0. The molecule has 0 unspecified atom stereocenters. The third-order valence-corrected chi connectivity index (χ3v) is 3.87. The van der Waals surface area contributed by atoms with Crippen molar-refractivity contribution in [3.05, 3.63) is 44.6 Å². The van der Waals surface area contributed by atoms with Gasteiger partial charge in [-0.05, 0) is 35.0 Å². The van der Waals surface area contributed by atoms with Crippen LogP contribution in [0.2, 0.25) is 0 Å². The molecule has 2 rings (SSSR count). The Morgan fingerprint density at radius 2 is 2.28 bits per heavy atom. The number of thiazole rings is 1. The van der Waals surface area contributed by atoms with Gasteiger partial charge >= 0.3 is 0 Å². The largest absolute Gasteiger partial charge is 0.335 e. The highest BCUT2D eigenvalue weighted by molar-refractivity contribution is 9.10. The van der Waals surface area contributed by atoms with Gasteiger partial charge in [0.2, 0.25) is 0 Å². The highest BCUT2D eigenvalue weighted by atomic mass is 79.9. The van der Waals surface area contributed by atoms with Crippen molar-refractivity contribution in [2.24, 2.45) is 0 Å². The Hall–Kier alpha value is -1.27. The van der Waals surface area contributed by atoms with Gasteiger partial charge in [0.05, 0.1) is 17.7 Å². The quantitative estimate of drug-likeness (QED) is 0.815. The van der Waals surface area contributed by atoms with Crippen molar-refractivity contribution in [3.63, 3.8) is 0 Å². The molecule has 0 aromatic carbocycles. The zero-order valence-corrected chi connectivity index (χ0v) is 12.5. The van der Waals surface area contributed by atoms with E-state index in [-0.39, 0.29) is 5.91 Å². The van der Waals surface area contributed by atoms with E-state index in [2.05, 4.69) is 25.9 Å². The Morgan fingerprint density at radius 3 is 2.89 bits per heavy atom. The number of amides is 1. The normalized spacial score (nSPS) is 10.4. The minimum atomic E-state index is -0.0934. The summed E-state index contributed by atoms with van der Waals surface area (Å²) >= 11 is 4.82. The molecule has 6 heteroatoms. The van der Waals surface area contributed by atoms with E-state index in [9.17, 15) is 4.79 Å². The van der Waals surface area contributed by atoms with E-state index in [1.54, 1.807) is 47.0 Å². The molecule has 0 bridgehead atoms. The standard InChI is InChI=1S/C12H12BrN3OS/c1-8-10(18-7-14-8)6-16(2)12(17)9-4-3-5-11(13)15-9/h3-5,7H,6H2,1-2H3. The van der Waals surface area contributed by atoms with Crippen LogP contribution >= 0.6 is 27.3 Å². The summed E-state index contributed by atoms with van der Waals surface area (Å²) in [5, 5.41) is 0. The van der Waals surface area contributed by atoms with E-state index in [0.29, 0.717) is 16.8 Å². The van der Waals surface area contributed by atoms with Crippen LogP contribution in [0.1, 0.15) is 21.1 Å². The van der Waals surface area contributed by atoms with Gasteiger partial charge in [-0.3, -0.25) is 4.79 Å². The number of aromatic nitrogens is 2. The second-order valence-electron chi connectivity index (χ2n) is 3.87. The monoisotopic (exact) mass is 325 g/mol. The molecule has 0 fully saturated rings. The molecule has 0 aliphatic rings. The van der Waals surface area contributed by atoms with Gasteiger partial charge in [-0.2, -0.15) is 0 Å². The van der Waals surface area contributed by atoms with Crippen molar-refractivity contribution in [1.82, 2.24) is 14.9 Å². The van der Waals surface area contributed by atoms with Gasteiger partial charge in [-0.25, -0.2) is 9.97 Å². The van der Waals surface area contributed by atoms with Crippen molar-refractivity contribution in [2.45, 2.75) is 13.5 Å². The zero-order valence-electron chi connectivity index (χ0n) is 10.1. The van der Waals surface area contributed by atoms with Crippen molar-refractivity contribution in [2.75, 3.05) is 7.05 Å². The van der Waals surface area contributed by atoms with Gasteiger partial charge in [0.1, 0.15) is 10.3 Å². The Labute approximate surface area is 118 Å². The summed E-state index contributed by atoms with van der Waals surface area (Å²) in [5.74, 6) is -0.0934. The van der Waals surface area contributed by atoms with Crippen LogP contribution in [-0.4, -0.2) is 27.8 Å². The van der Waals surface area contributed by atoms with E-state index in [1.807, 2.05) is 6.92 Å². The molecular formula is C12H12BrN3OS. The fraction of sp³-hybridized carbons (Fsp3) is 0.250. The average molecular weight is 326 g/mol. The van der Waals surface area contributed by atoms with E-state index in [0.717, 1.165) is 10.6 Å². The van der Waals surface area contributed by atoms with Gasteiger partial charge in [0.25, 0.3) is 5.91 Å². The van der Waals surface area contributed by atoms with Crippen molar-refractivity contribution >= 4 is 33.2 Å². The number of carbonyl (C=O) groups excluding carboxylic acids is 1. The minimum absolute atomic E-state index is 0.0934. The van der Waals surface area contributed by atoms with Crippen LogP contribution in [0.15, 0.2) is 28.3 Å². The number of rotatable bonds is 3. The molecule has 0 atom stereocenters. The van der Waals surface area contributed by atoms with Gasteiger partial charge in [0, 0.05) is 11.9 Å². The van der Waals surface area contributed by atoms with Crippen molar-refractivity contribution in [3.8, 4) is 0 Å². The lowest BCUT2D eigenvalue weighted by molar-refractivity contribution is 0.0780. The second kappa shape index (κ2) is 5.58. The van der Waals surface area contributed by atoms with Gasteiger partial charge < -0.3 is 4.90 Å². The fourth-order valence-electron chi connectivity index (χ4n) is 1.49. The Kier molecular flexibility index (Phi) is 4.08. The molecule has 2 heterocycles. The predicted molar refractivity (Wildman–Crippen MR) is 74.6 cm³/mol. The smallest absolute Gasteiger partial charge is 0.272 e. The number of pyridine rings is 1. The summed E-state index contributed by atoms with van der Waals surface area (Å²) in [6, 6.07) is 5.31. The molecule has 0 aliphatic carbocycles. The number of carbonyl (C=O) groups is 1. The highest BCUT2D eigenvalue weighted by Gasteiger charge is 2.15. The zero-order chi connectivity index (χ0) is 13.1. The fourth-order valence-corrected chi connectivity index (χ4v) is 2.66. The Balaban J connectivity index is 2.12. The molecule has 0 N–H and O–H groups in total. The summed E-state index contributed by atoms with van der Waals surface area (Å²) in [7, 11) is 1.77. The molecular weight excluding hydrogens is 314 g/mol. The van der Waals surface area contributed by atoms with Crippen molar-refractivity contribution < 1.29 is 4.79 Å². The second-order valence-corrected chi connectivity index (χ2v) is 5.62.